The fraction of sp³-hybridized carbons (Fsp3) is 1.00. The largest absolute Gasteiger partial charge is 0.329 e. The molecule has 2 heterocycles. The lowest BCUT2D eigenvalue weighted by atomic mass is 9.97. The van der Waals surface area contributed by atoms with Crippen LogP contribution in [0, 0.1) is 0 Å². The van der Waals surface area contributed by atoms with Crippen molar-refractivity contribution in [1.29, 1.82) is 0 Å². The zero-order valence-electron chi connectivity index (χ0n) is 12.1. The second-order valence-corrected chi connectivity index (χ2v) is 6.12. The highest BCUT2D eigenvalue weighted by molar-refractivity contribution is 4.86. The van der Waals surface area contributed by atoms with Crippen LogP contribution in [0.15, 0.2) is 0 Å². The summed E-state index contributed by atoms with van der Waals surface area (Å²) in [5.74, 6) is 0. The second kappa shape index (κ2) is 6.85. The van der Waals surface area contributed by atoms with Crippen LogP contribution in [0.1, 0.15) is 25.7 Å². The quantitative estimate of drug-likeness (QED) is 0.789. The average molecular weight is 254 g/mol. The van der Waals surface area contributed by atoms with Gasteiger partial charge in [-0.1, -0.05) is 0 Å². The molecule has 0 spiro atoms. The van der Waals surface area contributed by atoms with Crippen molar-refractivity contribution < 1.29 is 0 Å². The molecule has 18 heavy (non-hydrogen) atoms. The Bertz CT molecular complexity index is 236. The molecular weight excluding hydrogens is 224 g/mol. The summed E-state index contributed by atoms with van der Waals surface area (Å²) >= 11 is 0. The molecule has 0 aliphatic carbocycles. The molecule has 4 heteroatoms. The van der Waals surface area contributed by atoms with Gasteiger partial charge in [0.15, 0.2) is 0 Å². The molecule has 0 aromatic rings. The first-order valence-electron chi connectivity index (χ1n) is 7.53. The number of rotatable bonds is 4. The standard InChI is InChI=1S/C14H30N4/c1-16(2)14-4-3-8-18(12-14)13-5-9-17(10-6-13)11-7-15/h13-14H,3-12,15H2,1-2H3. The molecule has 0 amide bonds. The van der Waals surface area contributed by atoms with Gasteiger partial charge in [0, 0.05) is 31.7 Å². The predicted molar refractivity (Wildman–Crippen MR) is 76.8 cm³/mol. The molecule has 4 nitrogen and oxygen atoms in total. The smallest absolute Gasteiger partial charge is 0.0217 e. The van der Waals surface area contributed by atoms with Crippen LogP contribution in [0.25, 0.3) is 0 Å². The highest BCUT2D eigenvalue weighted by Gasteiger charge is 2.29. The van der Waals surface area contributed by atoms with Gasteiger partial charge in [-0.15, -0.1) is 0 Å². The maximum Gasteiger partial charge on any atom is 0.0217 e. The highest BCUT2D eigenvalue weighted by atomic mass is 15.2. The molecule has 2 rings (SSSR count). The van der Waals surface area contributed by atoms with Crippen LogP contribution < -0.4 is 5.73 Å². The SMILES string of the molecule is CN(C)C1CCCN(C2CCN(CCN)CC2)C1. The molecule has 1 atom stereocenters. The lowest BCUT2D eigenvalue weighted by molar-refractivity contribution is 0.0593. The first-order valence-corrected chi connectivity index (χ1v) is 7.53. The number of piperidine rings is 2. The van der Waals surface area contributed by atoms with E-state index in [0.29, 0.717) is 0 Å². The van der Waals surface area contributed by atoms with Crippen molar-refractivity contribution in [3.8, 4) is 0 Å². The summed E-state index contributed by atoms with van der Waals surface area (Å²) in [5, 5.41) is 0. The van der Waals surface area contributed by atoms with Gasteiger partial charge in [-0.25, -0.2) is 0 Å². The van der Waals surface area contributed by atoms with Gasteiger partial charge in [-0.3, -0.25) is 4.90 Å². The first kappa shape index (κ1) is 14.3. The third-order valence-electron chi connectivity index (χ3n) is 4.68. The number of hydrogen-bond acceptors (Lipinski definition) is 4. The van der Waals surface area contributed by atoms with Crippen LogP contribution in [0.5, 0.6) is 0 Å². The fourth-order valence-corrected chi connectivity index (χ4v) is 3.43. The minimum absolute atomic E-state index is 0.765. The lowest BCUT2D eigenvalue weighted by Crippen LogP contribution is -2.52. The Hall–Kier alpha value is -0.160. The summed E-state index contributed by atoms with van der Waals surface area (Å²) in [6.07, 6.45) is 5.40. The summed E-state index contributed by atoms with van der Waals surface area (Å²) in [5.41, 5.74) is 5.63. The van der Waals surface area contributed by atoms with Gasteiger partial charge in [0.2, 0.25) is 0 Å². The monoisotopic (exact) mass is 254 g/mol. The third-order valence-corrected chi connectivity index (χ3v) is 4.68. The van der Waals surface area contributed by atoms with Crippen LogP contribution in [-0.4, -0.2) is 80.1 Å². The van der Waals surface area contributed by atoms with E-state index in [1.165, 1.54) is 51.9 Å². The maximum absolute atomic E-state index is 5.63. The Morgan fingerprint density at radius 2 is 1.83 bits per heavy atom. The van der Waals surface area contributed by atoms with Crippen LogP contribution in [0.4, 0.5) is 0 Å². The molecule has 1 unspecified atom stereocenters. The Labute approximate surface area is 112 Å². The van der Waals surface area contributed by atoms with Gasteiger partial charge in [-0.2, -0.15) is 0 Å². The number of likely N-dealkylation sites (tertiary alicyclic amines) is 2. The molecular formula is C14H30N4. The summed E-state index contributed by atoms with van der Waals surface area (Å²) in [6, 6.07) is 1.59. The summed E-state index contributed by atoms with van der Waals surface area (Å²) in [7, 11) is 4.44. The summed E-state index contributed by atoms with van der Waals surface area (Å²) in [4.78, 5) is 7.66. The average Bonchev–Trinajstić information content (AvgIpc) is 2.40. The van der Waals surface area contributed by atoms with E-state index in [1.807, 2.05) is 0 Å². The van der Waals surface area contributed by atoms with Gasteiger partial charge in [-0.05, 0) is 59.4 Å². The summed E-state index contributed by atoms with van der Waals surface area (Å²) < 4.78 is 0. The molecule has 2 N–H and O–H groups in total. The van der Waals surface area contributed by atoms with E-state index in [2.05, 4.69) is 28.8 Å². The fourth-order valence-electron chi connectivity index (χ4n) is 3.43. The van der Waals surface area contributed by atoms with E-state index in [1.54, 1.807) is 0 Å². The third kappa shape index (κ3) is 3.67. The predicted octanol–water partition coefficient (Wildman–Crippen LogP) is 0.436. The van der Waals surface area contributed by atoms with E-state index in [9.17, 15) is 0 Å². The maximum atomic E-state index is 5.63. The van der Waals surface area contributed by atoms with Crippen molar-refractivity contribution in [2.24, 2.45) is 5.73 Å². The van der Waals surface area contributed by atoms with Crippen LogP contribution >= 0.6 is 0 Å². The van der Waals surface area contributed by atoms with Crippen LogP contribution in [-0.2, 0) is 0 Å². The number of likely N-dealkylation sites (N-methyl/N-ethyl adjacent to an activating group) is 1. The van der Waals surface area contributed by atoms with E-state index in [-0.39, 0.29) is 0 Å². The Balaban J connectivity index is 1.78. The Morgan fingerprint density at radius 1 is 1.11 bits per heavy atom. The number of nitrogens with two attached hydrogens (primary N) is 1. The van der Waals surface area contributed by atoms with Gasteiger partial charge < -0.3 is 15.5 Å². The molecule has 2 aliphatic rings. The molecule has 2 aliphatic heterocycles. The molecule has 2 fully saturated rings. The van der Waals surface area contributed by atoms with Crippen LogP contribution in [0.2, 0.25) is 0 Å². The van der Waals surface area contributed by atoms with Gasteiger partial charge >= 0.3 is 0 Å². The van der Waals surface area contributed by atoms with E-state index in [0.717, 1.165) is 25.2 Å². The molecule has 0 radical (unpaired) electrons. The number of nitrogens with zero attached hydrogens (tertiary/aromatic N) is 3. The van der Waals surface area contributed by atoms with Crippen molar-refractivity contribution >= 4 is 0 Å². The van der Waals surface area contributed by atoms with Crippen LogP contribution in [0.3, 0.4) is 0 Å². The Kier molecular flexibility index (Phi) is 5.42. The van der Waals surface area contributed by atoms with E-state index in [4.69, 9.17) is 5.73 Å². The van der Waals surface area contributed by atoms with E-state index < -0.39 is 0 Å². The highest BCUT2D eigenvalue weighted by Crippen LogP contribution is 2.22. The van der Waals surface area contributed by atoms with Gasteiger partial charge in [0.25, 0.3) is 0 Å². The lowest BCUT2D eigenvalue weighted by Gasteiger charge is -2.43. The zero-order chi connectivity index (χ0) is 13.0. The summed E-state index contributed by atoms with van der Waals surface area (Å²) in [6.45, 7) is 6.95. The molecule has 0 aromatic carbocycles. The normalized spacial score (nSPS) is 29.0. The molecule has 2 saturated heterocycles. The zero-order valence-corrected chi connectivity index (χ0v) is 12.1. The molecule has 0 bridgehead atoms. The second-order valence-electron chi connectivity index (χ2n) is 6.12. The first-order chi connectivity index (χ1) is 8.70. The minimum atomic E-state index is 0.765. The van der Waals surface area contributed by atoms with Crippen molar-refractivity contribution in [2.45, 2.75) is 37.8 Å². The van der Waals surface area contributed by atoms with Crippen molar-refractivity contribution in [2.75, 3.05) is 53.4 Å². The topological polar surface area (TPSA) is 35.7 Å². The molecule has 0 aromatic heterocycles. The number of hydrogen-bond donors (Lipinski definition) is 1. The van der Waals surface area contributed by atoms with E-state index >= 15 is 0 Å². The molecule has 0 saturated carbocycles. The minimum Gasteiger partial charge on any atom is -0.329 e. The van der Waals surface area contributed by atoms with Crippen molar-refractivity contribution in [3.05, 3.63) is 0 Å². The van der Waals surface area contributed by atoms with Crippen molar-refractivity contribution in [1.82, 2.24) is 14.7 Å². The van der Waals surface area contributed by atoms with Gasteiger partial charge in [0.05, 0.1) is 0 Å². The Morgan fingerprint density at radius 3 is 2.44 bits per heavy atom. The van der Waals surface area contributed by atoms with Gasteiger partial charge in [0.1, 0.15) is 0 Å². The van der Waals surface area contributed by atoms with Crippen molar-refractivity contribution in [3.63, 3.8) is 0 Å². The molecule has 106 valence electrons.